The van der Waals surface area contributed by atoms with Gasteiger partial charge in [-0.25, -0.2) is 0 Å². The number of carbonyl (C=O) groups excluding carboxylic acids is 1. The lowest BCUT2D eigenvalue weighted by Crippen LogP contribution is -2.13. The molecular formula is C15H17ClO2. The van der Waals surface area contributed by atoms with Crippen molar-refractivity contribution in [2.45, 2.75) is 32.1 Å². The van der Waals surface area contributed by atoms with E-state index in [0.29, 0.717) is 10.8 Å². The minimum atomic E-state index is 0.104. The molecule has 1 aliphatic carbocycles. The summed E-state index contributed by atoms with van der Waals surface area (Å²) >= 11 is 5.78. The molecule has 1 aromatic rings. The molecule has 2 nitrogen and oxygen atoms in total. The number of rotatable bonds is 4. The van der Waals surface area contributed by atoms with Crippen LogP contribution in [-0.4, -0.2) is 12.4 Å². The molecule has 0 saturated carbocycles. The molecule has 0 saturated heterocycles. The van der Waals surface area contributed by atoms with E-state index < -0.39 is 0 Å². The van der Waals surface area contributed by atoms with Crippen molar-refractivity contribution in [3.63, 3.8) is 0 Å². The Kier molecular flexibility index (Phi) is 4.82. The minimum absolute atomic E-state index is 0.104. The van der Waals surface area contributed by atoms with Gasteiger partial charge >= 0.3 is 0 Å². The van der Waals surface area contributed by atoms with Crippen molar-refractivity contribution in [2.24, 2.45) is 0 Å². The van der Waals surface area contributed by atoms with Crippen LogP contribution in [0.4, 0.5) is 0 Å². The van der Waals surface area contributed by atoms with Crippen LogP contribution in [0, 0.1) is 0 Å². The number of halogens is 1. The summed E-state index contributed by atoms with van der Waals surface area (Å²) in [6, 6.07) is 7.06. The SMILES string of the molecule is O=C(COc1ccc(Cl)cc1)C1=CCCCCC1. The van der Waals surface area contributed by atoms with Crippen molar-refractivity contribution in [1.29, 1.82) is 0 Å². The Morgan fingerprint density at radius 3 is 2.72 bits per heavy atom. The molecule has 0 unspecified atom stereocenters. The van der Waals surface area contributed by atoms with E-state index in [1.54, 1.807) is 24.3 Å². The Hall–Kier alpha value is -1.28. The number of benzene rings is 1. The second-order valence-electron chi connectivity index (χ2n) is 4.49. The molecule has 0 heterocycles. The van der Waals surface area contributed by atoms with E-state index in [1.807, 2.05) is 0 Å². The summed E-state index contributed by atoms with van der Waals surface area (Å²) in [6.45, 7) is 0.119. The van der Waals surface area contributed by atoms with Crippen molar-refractivity contribution < 1.29 is 9.53 Å². The van der Waals surface area contributed by atoms with E-state index in [9.17, 15) is 4.79 Å². The fraction of sp³-hybridized carbons (Fsp3) is 0.400. The summed E-state index contributed by atoms with van der Waals surface area (Å²) in [7, 11) is 0. The molecule has 0 radical (unpaired) electrons. The second-order valence-corrected chi connectivity index (χ2v) is 4.93. The first-order valence-corrected chi connectivity index (χ1v) is 6.74. The van der Waals surface area contributed by atoms with Gasteiger partial charge in [0.25, 0.3) is 0 Å². The van der Waals surface area contributed by atoms with E-state index >= 15 is 0 Å². The number of hydrogen-bond donors (Lipinski definition) is 0. The Morgan fingerprint density at radius 1 is 1.17 bits per heavy atom. The Labute approximate surface area is 113 Å². The Bertz CT molecular complexity index is 434. The number of Topliss-reactive ketones (excluding diaryl/α,β-unsaturated/α-hetero) is 1. The normalized spacial score (nSPS) is 15.7. The maximum Gasteiger partial charge on any atom is 0.195 e. The third-order valence-corrected chi connectivity index (χ3v) is 3.33. The molecule has 2 rings (SSSR count). The largest absolute Gasteiger partial charge is 0.485 e. The molecule has 0 N–H and O–H groups in total. The van der Waals surface area contributed by atoms with Gasteiger partial charge < -0.3 is 4.74 Å². The zero-order valence-corrected chi connectivity index (χ0v) is 11.1. The maximum absolute atomic E-state index is 12.0. The Balaban J connectivity index is 1.87. The number of ether oxygens (including phenoxy) is 1. The lowest BCUT2D eigenvalue weighted by atomic mass is 10.1. The number of ketones is 1. The lowest BCUT2D eigenvalue weighted by molar-refractivity contribution is -0.117. The monoisotopic (exact) mass is 264 g/mol. The van der Waals surface area contributed by atoms with E-state index in [0.717, 1.165) is 24.8 Å². The van der Waals surface area contributed by atoms with Gasteiger partial charge in [0.1, 0.15) is 5.75 Å². The molecule has 18 heavy (non-hydrogen) atoms. The van der Waals surface area contributed by atoms with Gasteiger partial charge in [-0.1, -0.05) is 24.1 Å². The van der Waals surface area contributed by atoms with Crippen LogP contribution in [0.1, 0.15) is 32.1 Å². The number of carbonyl (C=O) groups is 1. The fourth-order valence-corrected chi connectivity index (χ4v) is 2.17. The quantitative estimate of drug-likeness (QED) is 0.816. The summed E-state index contributed by atoms with van der Waals surface area (Å²) < 4.78 is 5.47. The fourth-order valence-electron chi connectivity index (χ4n) is 2.04. The lowest BCUT2D eigenvalue weighted by Gasteiger charge is -2.07. The molecule has 96 valence electrons. The van der Waals surface area contributed by atoms with Crippen molar-refractivity contribution in [3.8, 4) is 5.75 Å². The van der Waals surface area contributed by atoms with Crippen LogP contribution in [0.3, 0.4) is 0 Å². The van der Waals surface area contributed by atoms with Gasteiger partial charge in [-0.05, 0) is 55.5 Å². The summed E-state index contributed by atoms with van der Waals surface area (Å²) in [4.78, 5) is 12.0. The molecule has 0 atom stereocenters. The molecule has 0 aromatic heterocycles. The van der Waals surface area contributed by atoms with Crippen molar-refractivity contribution >= 4 is 17.4 Å². The van der Waals surface area contributed by atoms with Crippen LogP contribution in [0.25, 0.3) is 0 Å². The summed E-state index contributed by atoms with van der Waals surface area (Å²) in [5.74, 6) is 0.786. The summed E-state index contributed by atoms with van der Waals surface area (Å²) in [6.07, 6.45) is 7.49. The predicted octanol–water partition coefficient (Wildman–Crippen LogP) is 4.18. The molecular weight excluding hydrogens is 248 g/mol. The van der Waals surface area contributed by atoms with Gasteiger partial charge in [-0.3, -0.25) is 4.79 Å². The van der Waals surface area contributed by atoms with Crippen LogP contribution in [0.2, 0.25) is 5.02 Å². The minimum Gasteiger partial charge on any atom is -0.485 e. The van der Waals surface area contributed by atoms with Crippen molar-refractivity contribution in [2.75, 3.05) is 6.61 Å². The number of allylic oxidation sites excluding steroid dienone is 1. The zero-order valence-electron chi connectivity index (χ0n) is 10.3. The molecule has 0 aliphatic heterocycles. The predicted molar refractivity (Wildman–Crippen MR) is 73.1 cm³/mol. The first kappa shape index (κ1) is 13.2. The highest BCUT2D eigenvalue weighted by molar-refractivity contribution is 6.30. The average Bonchev–Trinajstić information content (AvgIpc) is 2.66. The standard InChI is InChI=1S/C15H17ClO2/c16-13-7-9-14(10-8-13)18-11-15(17)12-5-3-1-2-4-6-12/h5,7-10H,1-4,6,11H2. The van der Waals surface area contributed by atoms with Gasteiger partial charge in [-0.2, -0.15) is 0 Å². The highest BCUT2D eigenvalue weighted by atomic mass is 35.5. The Morgan fingerprint density at radius 2 is 1.94 bits per heavy atom. The smallest absolute Gasteiger partial charge is 0.195 e. The molecule has 1 aromatic carbocycles. The van der Waals surface area contributed by atoms with Crippen LogP contribution in [0.15, 0.2) is 35.9 Å². The van der Waals surface area contributed by atoms with Crippen LogP contribution in [0.5, 0.6) is 5.75 Å². The topological polar surface area (TPSA) is 26.3 Å². The highest BCUT2D eigenvalue weighted by Crippen LogP contribution is 2.19. The molecule has 0 fully saturated rings. The highest BCUT2D eigenvalue weighted by Gasteiger charge is 2.12. The van der Waals surface area contributed by atoms with E-state index in [2.05, 4.69) is 6.08 Å². The van der Waals surface area contributed by atoms with Gasteiger partial charge in [0.15, 0.2) is 12.4 Å². The molecule has 0 amide bonds. The van der Waals surface area contributed by atoms with Gasteiger partial charge in [0.05, 0.1) is 0 Å². The van der Waals surface area contributed by atoms with Gasteiger partial charge in [-0.15, -0.1) is 0 Å². The zero-order chi connectivity index (χ0) is 12.8. The van der Waals surface area contributed by atoms with Crippen molar-refractivity contribution in [1.82, 2.24) is 0 Å². The number of hydrogen-bond acceptors (Lipinski definition) is 2. The molecule has 0 spiro atoms. The molecule has 1 aliphatic rings. The third-order valence-electron chi connectivity index (χ3n) is 3.08. The van der Waals surface area contributed by atoms with Crippen LogP contribution in [-0.2, 0) is 4.79 Å². The average molecular weight is 265 g/mol. The van der Waals surface area contributed by atoms with Gasteiger partial charge in [0, 0.05) is 5.02 Å². The van der Waals surface area contributed by atoms with Crippen molar-refractivity contribution in [3.05, 3.63) is 40.9 Å². The van der Waals surface area contributed by atoms with E-state index in [1.165, 1.54) is 12.8 Å². The summed E-state index contributed by atoms with van der Waals surface area (Å²) in [5, 5.41) is 0.667. The molecule has 3 heteroatoms. The van der Waals surface area contributed by atoms with Crippen LogP contribution < -0.4 is 4.74 Å². The maximum atomic E-state index is 12.0. The first-order chi connectivity index (χ1) is 8.75. The van der Waals surface area contributed by atoms with E-state index in [-0.39, 0.29) is 12.4 Å². The third kappa shape index (κ3) is 3.88. The second kappa shape index (κ2) is 6.60. The van der Waals surface area contributed by atoms with E-state index in [4.69, 9.17) is 16.3 Å². The van der Waals surface area contributed by atoms with Gasteiger partial charge in [0.2, 0.25) is 0 Å². The van der Waals surface area contributed by atoms with Crippen LogP contribution >= 0.6 is 11.6 Å². The summed E-state index contributed by atoms with van der Waals surface area (Å²) in [5.41, 5.74) is 0.932. The molecule has 0 bridgehead atoms. The first-order valence-electron chi connectivity index (χ1n) is 6.36.